The Balaban J connectivity index is 1.44. The molecule has 5 heteroatoms. The number of likely N-dealkylation sites (tertiary alicyclic amines) is 1. The molecule has 0 atom stereocenters. The van der Waals surface area contributed by atoms with Gasteiger partial charge in [0.2, 0.25) is 5.91 Å². The Morgan fingerprint density at radius 2 is 1.56 bits per heavy atom. The lowest BCUT2D eigenvalue weighted by atomic mass is 9.98. The molecule has 4 rings (SSSR count). The highest BCUT2D eigenvalue weighted by atomic mass is 16.2. The molecule has 2 aliphatic heterocycles. The Kier molecular flexibility index (Phi) is 9.83. The van der Waals surface area contributed by atoms with Crippen LogP contribution in [0.4, 0.5) is 11.4 Å². The third-order valence-electron chi connectivity index (χ3n) is 7.63. The standard InChI is InChI=1S/C31H43N3O2/c1-2-3-4-5-6-7-9-16-30(35)32-27-17-18-29(28(23-27)31(36)33-20-12-8-13-21-33)34-22-19-25-14-10-11-15-26(25)24-34/h10-11,14-15,17-18,23H,2-9,12-13,16,19-22,24H2,1H3,(H,32,35). The van der Waals surface area contributed by atoms with Gasteiger partial charge in [0.05, 0.1) is 5.56 Å². The van der Waals surface area contributed by atoms with E-state index in [1.54, 1.807) is 0 Å². The number of piperidine rings is 1. The van der Waals surface area contributed by atoms with Gasteiger partial charge in [-0.3, -0.25) is 9.59 Å². The van der Waals surface area contributed by atoms with Gasteiger partial charge in [0.25, 0.3) is 5.91 Å². The molecule has 2 amide bonds. The van der Waals surface area contributed by atoms with Crippen LogP contribution in [-0.4, -0.2) is 36.3 Å². The van der Waals surface area contributed by atoms with E-state index in [2.05, 4.69) is 41.4 Å². The van der Waals surface area contributed by atoms with E-state index in [1.165, 1.54) is 49.7 Å². The van der Waals surface area contributed by atoms with Crippen molar-refractivity contribution in [2.24, 2.45) is 0 Å². The van der Waals surface area contributed by atoms with Crippen molar-refractivity contribution in [1.29, 1.82) is 0 Å². The van der Waals surface area contributed by atoms with Crippen molar-refractivity contribution in [2.45, 2.75) is 90.5 Å². The molecule has 5 nitrogen and oxygen atoms in total. The quantitative estimate of drug-likeness (QED) is 0.347. The maximum absolute atomic E-state index is 13.7. The number of rotatable bonds is 11. The highest BCUT2D eigenvalue weighted by Gasteiger charge is 2.25. The van der Waals surface area contributed by atoms with Crippen molar-refractivity contribution in [1.82, 2.24) is 4.90 Å². The Morgan fingerprint density at radius 3 is 2.33 bits per heavy atom. The molecular formula is C31H43N3O2. The minimum atomic E-state index is 0.0413. The number of hydrogen-bond donors (Lipinski definition) is 1. The number of nitrogens with one attached hydrogen (secondary N) is 1. The van der Waals surface area contributed by atoms with Crippen molar-refractivity contribution in [2.75, 3.05) is 29.9 Å². The Hall–Kier alpha value is -2.82. The second kappa shape index (κ2) is 13.5. The summed E-state index contributed by atoms with van der Waals surface area (Å²) in [5.41, 5.74) is 5.14. The number of nitrogens with zero attached hydrogens (tertiary/aromatic N) is 2. The van der Waals surface area contributed by atoms with Gasteiger partial charge in [0.1, 0.15) is 0 Å². The summed E-state index contributed by atoms with van der Waals surface area (Å²) in [5, 5.41) is 3.07. The molecule has 2 aromatic rings. The summed E-state index contributed by atoms with van der Waals surface area (Å²) in [6.07, 6.45) is 13.2. The van der Waals surface area contributed by atoms with Crippen LogP contribution >= 0.6 is 0 Å². The molecule has 0 bridgehead atoms. The second-order valence-corrected chi connectivity index (χ2v) is 10.4. The minimum absolute atomic E-state index is 0.0413. The predicted molar refractivity (Wildman–Crippen MR) is 149 cm³/mol. The van der Waals surface area contributed by atoms with E-state index in [0.717, 1.165) is 69.7 Å². The van der Waals surface area contributed by atoms with E-state index in [-0.39, 0.29) is 11.8 Å². The normalized spacial score (nSPS) is 15.5. The fraction of sp³-hybridized carbons (Fsp3) is 0.548. The lowest BCUT2D eigenvalue weighted by Gasteiger charge is -2.34. The zero-order valence-electron chi connectivity index (χ0n) is 22.1. The molecule has 1 saturated heterocycles. The predicted octanol–water partition coefficient (Wildman–Crippen LogP) is 6.95. The van der Waals surface area contributed by atoms with Crippen LogP contribution in [0.25, 0.3) is 0 Å². The van der Waals surface area contributed by atoms with Crippen LogP contribution in [0.2, 0.25) is 0 Å². The summed E-state index contributed by atoms with van der Waals surface area (Å²) in [5.74, 6) is 0.131. The molecule has 0 saturated carbocycles. The van der Waals surface area contributed by atoms with Crippen LogP contribution in [0.5, 0.6) is 0 Å². The molecule has 2 aliphatic rings. The molecule has 0 spiro atoms. The maximum Gasteiger partial charge on any atom is 0.256 e. The minimum Gasteiger partial charge on any atom is -0.366 e. The summed E-state index contributed by atoms with van der Waals surface area (Å²) in [4.78, 5) is 30.6. The summed E-state index contributed by atoms with van der Waals surface area (Å²) in [6.45, 7) is 5.56. The van der Waals surface area contributed by atoms with Crippen LogP contribution in [0.15, 0.2) is 42.5 Å². The number of anilines is 2. The van der Waals surface area contributed by atoms with E-state index >= 15 is 0 Å². The third kappa shape index (κ3) is 7.11. The Bertz CT molecular complexity index is 1010. The molecule has 0 unspecified atom stereocenters. The van der Waals surface area contributed by atoms with Crippen molar-refractivity contribution in [3.63, 3.8) is 0 Å². The monoisotopic (exact) mass is 489 g/mol. The summed E-state index contributed by atoms with van der Waals surface area (Å²) < 4.78 is 0. The molecule has 194 valence electrons. The summed E-state index contributed by atoms with van der Waals surface area (Å²) in [7, 11) is 0. The number of carbonyl (C=O) groups is 2. The van der Waals surface area contributed by atoms with Crippen LogP contribution in [0.1, 0.15) is 99.0 Å². The zero-order chi connectivity index (χ0) is 25.2. The summed E-state index contributed by atoms with van der Waals surface area (Å²) >= 11 is 0. The number of fused-ring (bicyclic) bond motifs is 1. The maximum atomic E-state index is 13.7. The zero-order valence-corrected chi connectivity index (χ0v) is 22.1. The lowest BCUT2D eigenvalue weighted by Crippen LogP contribution is -2.38. The molecular weight excluding hydrogens is 446 g/mol. The number of hydrogen-bond acceptors (Lipinski definition) is 3. The number of unbranched alkanes of at least 4 members (excludes halogenated alkanes) is 6. The summed E-state index contributed by atoms with van der Waals surface area (Å²) in [6, 6.07) is 14.5. The highest BCUT2D eigenvalue weighted by Crippen LogP contribution is 2.31. The first-order valence-corrected chi connectivity index (χ1v) is 14.2. The number of carbonyl (C=O) groups excluding carboxylic acids is 2. The molecule has 0 radical (unpaired) electrons. The van der Waals surface area contributed by atoms with Gasteiger partial charge in [0, 0.05) is 44.0 Å². The van der Waals surface area contributed by atoms with Gasteiger partial charge in [-0.1, -0.05) is 69.7 Å². The van der Waals surface area contributed by atoms with Crippen molar-refractivity contribution >= 4 is 23.2 Å². The largest absolute Gasteiger partial charge is 0.366 e. The molecule has 0 aliphatic carbocycles. The van der Waals surface area contributed by atoms with Crippen LogP contribution in [0, 0.1) is 0 Å². The SMILES string of the molecule is CCCCCCCCCC(=O)Nc1ccc(N2CCc3ccccc3C2)c(C(=O)N2CCCCC2)c1. The van der Waals surface area contributed by atoms with Crippen LogP contribution < -0.4 is 10.2 Å². The first kappa shape index (κ1) is 26.2. The average molecular weight is 490 g/mol. The number of amides is 2. The molecule has 2 aromatic carbocycles. The molecule has 1 N–H and O–H groups in total. The fourth-order valence-electron chi connectivity index (χ4n) is 5.50. The molecule has 0 aromatic heterocycles. The average Bonchev–Trinajstić information content (AvgIpc) is 2.92. The van der Waals surface area contributed by atoms with Crippen LogP contribution in [-0.2, 0) is 17.8 Å². The van der Waals surface area contributed by atoms with Crippen molar-refractivity contribution < 1.29 is 9.59 Å². The molecule has 36 heavy (non-hydrogen) atoms. The Morgan fingerprint density at radius 1 is 0.833 bits per heavy atom. The van der Waals surface area contributed by atoms with Crippen molar-refractivity contribution in [3.05, 3.63) is 59.2 Å². The van der Waals surface area contributed by atoms with E-state index < -0.39 is 0 Å². The van der Waals surface area contributed by atoms with Gasteiger partial charge >= 0.3 is 0 Å². The number of benzene rings is 2. The van der Waals surface area contributed by atoms with Gasteiger partial charge in [-0.2, -0.15) is 0 Å². The lowest BCUT2D eigenvalue weighted by molar-refractivity contribution is -0.116. The Labute approximate surface area is 217 Å². The van der Waals surface area contributed by atoms with Gasteiger partial charge in [-0.05, 0) is 61.4 Å². The van der Waals surface area contributed by atoms with E-state index in [4.69, 9.17) is 0 Å². The smallest absolute Gasteiger partial charge is 0.256 e. The second-order valence-electron chi connectivity index (χ2n) is 10.4. The first-order chi connectivity index (χ1) is 17.7. The van der Waals surface area contributed by atoms with Gasteiger partial charge in [-0.25, -0.2) is 0 Å². The molecule has 1 fully saturated rings. The molecule has 2 heterocycles. The van der Waals surface area contributed by atoms with Gasteiger partial charge in [-0.15, -0.1) is 0 Å². The van der Waals surface area contributed by atoms with E-state index in [1.807, 2.05) is 23.1 Å². The van der Waals surface area contributed by atoms with E-state index in [9.17, 15) is 9.59 Å². The highest BCUT2D eigenvalue weighted by molar-refractivity contribution is 6.02. The first-order valence-electron chi connectivity index (χ1n) is 14.2. The van der Waals surface area contributed by atoms with Crippen LogP contribution in [0.3, 0.4) is 0 Å². The van der Waals surface area contributed by atoms with E-state index in [0.29, 0.717) is 12.0 Å². The van der Waals surface area contributed by atoms with Crippen molar-refractivity contribution in [3.8, 4) is 0 Å². The van der Waals surface area contributed by atoms with Gasteiger partial charge in [0.15, 0.2) is 0 Å². The van der Waals surface area contributed by atoms with Gasteiger partial charge < -0.3 is 15.1 Å². The topological polar surface area (TPSA) is 52.7 Å². The fourth-order valence-corrected chi connectivity index (χ4v) is 5.50. The third-order valence-corrected chi connectivity index (χ3v) is 7.63.